The number of benzene rings is 1. The molecule has 0 saturated heterocycles. The Balaban J connectivity index is 1.58. The molecule has 0 fully saturated rings. The van der Waals surface area contributed by atoms with Gasteiger partial charge in [-0.15, -0.1) is 0 Å². The number of fused-ring (bicyclic) bond motifs is 1. The summed E-state index contributed by atoms with van der Waals surface area (Å²) in [7, 11) is 0. The predicted octanol–water partition coefficient (Wildman–Crippen LogP) is 2.07. The van der Waals surface area contributed by atoms with E-state index in [1.807, 2.05) is 36.5 Å². The van der Waals surface area contributed by atoms with Crippen LogP contribution in [-0.2, 0) is 6.54 Å². The molecule has 2 N–H and O–H groups in total. The molecule has 1 amide bonds. The van der Waals surface area contributed by atoms with E-state index in [2.05, 4.69) is 25.6 Å². The van der Waals surface area contributed by atoms with E-state index in [1.54, 1.807) is 29.3 Å². The Hall–Kier alpha value is -3.48. The first kappa shape index (κ1) is 14.1. The molecule has 7 nitrogen and oxygen atoms in total. The van der Waals surface area contributed by atoms with Crippen molar-refractivity contribution >= 4 is 16.8 Å². The van der Waals surface area contributed by atoms with Crippen molar-refractivity contribution in [3.8, 4) is 5.82 Å². The molecule has 0 aliphatic rings. The van der Waals surface area contributed by atoms with Crippen LogP contribution in [0.3, 0.4) is 0 Å². The second-order valence-electron chi connectivity index (χ2n) is 5.26. The number of pyridine rings is 1. The molecule has 4 rings (SSSR count). The third-order valence-corrected chi connectivity index (χ3v) is 3.75. The van der Waals surface area contributed by atoms with Gasteiger partial charge < -0.3 is 5.32 Å². The van der Waals surface area contributed by atoms with Gasteiger partial charge in [0, 0.05) is 36.1 Å². The first-order valence-corrected chi connectivity index (χ1v) is 7.47. The highest BCUT2D eigenvalue weighted by Crippen LogP contribution is 2.16. The number of para-hydroxylation sites is 1. The molecule has 24 heavy (non-hydrogen) atoms. The zero-order valence-electron chi connectivity index (χ0n) is 12.7. The largest absolute Gasteiger partial charge is 0.348 e. The zero-order chi connectivity index (χ0) is 16.4. The summed E-state index contributed by atoms with van der Waals surface area (Å²) < 4.78 is 1.68. The van der Waals surface area contributed by atoms with Gasteiger partial charge in [-0.1, -0.05) is 18.2 Å². The lowest BCUT2D eigenvalue weighted by molar-refractivity contribution is 0.0952. The fraction of sp³-hybridized carbons (Fsp3) is 0.0588. The van der Waals surface area contributed by atoms with Crippen LogP contribution in [0.2, 0.25) is 0 Å². The fourth-order valence-electron chi connectivity index (χ4n) is 2.60. The molecule has 0 aliphatic carbocycles. The summed E-state index contributed by atoms with van der Waals surface area (Å²) in [5.41, 5.74) is 2.18. The monoisotopic (exact) mass is 318 g/mol. The van der Waals surface area contributed by atoms with E-state index < -0.39 is 0 Å². The SMILES string of the molecule is O=C(NCc1cccnc1-n1cccn1)c1cccc2cn[nH]c12. The summed E-state index contributed by atoms with van der Waals surface area (Å²) in [6.45, 7) is 0.354. The Labute approximate surface area is 137 Å². The number of carbonyl (C=O) groups excluding carboxylic acids is 1. The molecule has 118 valence electrons. The molecule has 0 atom stereocenters. The van der Waals surface area contributed by atoms with E-state index in [-0.39, 0.29) is 5.91 Å². The summed E-state index contributed by atoms with van der Waals surface area (Å²) in [6.07, 6.45) is 6.91. The molecule has 4 aromatic rings. The van der Waals surface area contributed by atoms with Crippen molar-refractivity contribution in [2.75, 3.05) is 0 Å². The van der Waals surface area contributed by atoms with Gasteiger partial charge in [-0.3, -0.25) is 9.89 Å². The lowest BCUT2D eigenvalue weighted by Crippen LogP contribution is -2.24. The van der Waals surface area contributed by atoms with E-state index in [0.717, 1.165) is 16.5 Å². The number of hydrogen-bond donors (Lipinski definition) is 2. The van der Waals surface area contributed by atoms with Crippen LogP contribution in [-0.4, -0.2) is 30.9 Å². The van der Waals surface area contributed by atoms with Crippen molar-refractivity contribution in [2.24, 2.45) is 0 Å². The number of carbonyl (C=O) groups is 1. The number of hydrogen-bond acceptors (Lipinski definition) is 4. The summed E-state index contributed by atoms with van der Waals surface area (Å²) >= 11 is 0. The number of nitrogens with one attached hydrogen (secondary N) is 2. The number of nitrogens with zero attached hydrogens (tertiary/aromatic N) is 4. The van der Waals surface area contributed by atoms with E-state index >= 15 is 0 Å². The lowest BCUT2D eigenvalue weighted by Gasteiger charge is -2.10. The number of aromatic amines is 1. The topological polar surface area (TPSA) is 88.5 Å². The van der Waals surface area contributed by atoms with Gasteiger partial charge in [0.1, 0.15) is 0 Å². The lowest BCUT2D eigenvalue weighted by atomic mass is 10.1. The number of rotatable bonds is 4. The molecule has 0 radical (unpaired) electrons. The third-order valence-electron chi connectivity index (χ3n) is 3.75. The van der Waals surface area contributed by atoms with Crippen molar-refractivity contribution < 1.29 is 4.79 Å². The van der Waals surface area contributed by atoms with Crippen LogP contribution in [0.4, 0.5) is 0 Å². The summed E-state index contributed by atoms with van der Waals surface area (Å²) in [5.74, 6) is 0.530. The van der Waals surface area contributed by atoms with E-state index in [0.29, 0.717) is 17.9 Å². The van der Waals surface area contributed by atoms with Gasteiger partial charge in [0.15, 0.2) is 5.82 Å². The van der Waals surface area contributed by atoms with E-state index in [4.69, 9.17) is 0 Å². The zero-order valence-corrected chi connectivity index (χ0v) is 12.7. The van der Waals surface area contributed by atoms with E-state index in [9.17, 15) is 4.79 Å². The van der Waals surface area contributed by atoms with Gasteiger partial charge in [0.25, 0.3) is 5.91 Å². The maximum absolute atomic E-state index is 12.5. The standard InChI is InChI=1S/C17H14N6O/c24-17(14-6-1-4-12-11-20-22-15(12)14)19-10-13-5-2-7-18-16(13)23-9-3-8-21-23/h1-9,11H,10H2,(H,19,24)(H,20,22). The smallest absolute Gasteiger partial charge is 0.253 e. The molecule has 0 aliphatic heterocycles. The van der Waals surface area contributed by atoms with Gasteiger partial charge in [0.05, 0.1) is 17.3 Å². The van der Waals surface area contributed by atoms with Gasteiger partial charge in [-0.05, 0) is 18.2 Å². The van der Waals surface area contributed by atoms with Crippen molar-refractivity contribution in [2.45, 2.75) is 6.54 Å². The number of aromatic nitrogens is 5. The van der Waals surface area contributed by atoms with Gasteiger partial charge in [-0.2, -0.15) is 10.2 Å². The Morgan fingerprint density at radius 1 is 1.17 bits per heavy atom. The minimum atomic E-state index is -0.167. The first-order valence-electron chi connectivity index (χ1n) is 7.47. The van der Waals surface area contributed by atoms with E-state index in [1.165, 1.54) is 0 Å². The number of H-pyrrole nitrogens is 1. The normalized spacial score (nSPS) is 10.8. The van der Waals surface area contributed by atoms with Crippen LogP contribution < -0.4 is 5.32 Å². The van der Waals surface area contributed by atoms with Crippen molar-refractivity contribution in [1.82, 2.24) is 30.3 Å². The Morgan fingerprint density at radius 2 is 2.12 bits per heavy atom. The second-order valence-corrected chi connectivity index (χ2v) is 5.26. The van der Waals surface area contributed by atoms with Crippen LogP contribution in [0.15, 0.2) is 61.2 Å². The molecule has 3 heterocycles. The van der Waals surface area contributed by atoms with Crippen LogP contribution in [0.1, 0.15) is 15.9 Å². The quantitative estimate of drug-likeness (QED) is 0.603. The minimum absolute atomic E-state index is 0.167. The predicted molar refractivity (Wildman–Crippen MR) is 88.6 cm³/mol. The summed E-state index contributed by atoms with van der Waals surface area (Å²) in [6, 6.07) is 11.1. The molecule has 7 heteroatoms. The Kier molecular flexibility index (Phi) is 3.51. The van der Waals surface area contributed by atoms with Crippen molar-refractivity contribution in [3.05, 3.63) is 72.3 Å². The van der Waals surface area contributed by atoms with Crippen LogP contribution >= 0.6 is 0 Å². The molecular formula is C17H14N6O. The third kappa shape index (κ3) is 2.52. The van der Waals surface area contributed by atoms with Crippen LogP contribution in [0, 0.1) is 0 Å². The highest BCUT2D eigenvalue weighted by molar-refractivity contribution is 6.05. The minimum Gasteiger partial charge on any atom is -0.348 e. The highest BCUT2D eigenvalue weighted by atomic mass is 16.1. The van der Waals surface area contributed by atoms with Crippen molar-refractivity contribution in [3.63, 3.8) is 0 Å². The maximum atomic E-state index is 12.5. The molecular weight excluding hydrogens is 304 g/mol. The molecule has 0 saturated carbocycles. The average molecular weight is 318 g/mol. The van der Waals surface area contributed by atoms with Crippen LogP contribution in [0.25, 0.3) is 16.7 Å². The fourth-order valence-corrected chi connectivity index (χ4v) is 2.60. The molecule has 0 spiro atoms. The summed E-state index contributed by atoms with van der Waals surface area (Å²) in [4.78, 5) is 16.9. The van der Waals surface area contributed by atoms with Crippen LogP contribution in [0.5, 0.6) is 0 Å². The van der Waals surface area contributed by atoms with Gasteiger partial charge in [-0.25, -0.2) is 9.67 Å². The average Bonchev–Trinajstić information content (AvgIpc) is 3.30. The maximum Gasteiger partial charge on any atom is 0.253 e. The Morgan fingerprint density at radius 3 is 3.00 bits per heavy atom. The highest BCUT2D eigenvalue weighted by Gasteiger charge is 2.12. The van der Waals surface area contributed by atoms with Gasteiger partial charge in [0.2, 0.25) is 0 Å². The van der Waals surface area contributed by atoms with Gasteiger partial charge >= 0.3 is 0 Å². The second kappa shape index (κ2) is 5.96. The molecule has 0 bridgehead atoms. The molecule has 3 aromatic heterocycles. The molecule has 1 aromatic carbocycles. The Bertz CT molecular complexity index is 989. The van der Waals surface area contributed by atoms with Crippen molar-refractivity contribution in [1.29, 1.82) is 0 Å². The molecule has 0 unspecified atom stereocenters. The first-order chi connectivity index (χ1) is 11.8. The summed E-state index contributed by atoms with van der Waals surface area (Å²) in [5, 5.41) is 14.9. The number of amides is 1.